The topological polar surface area (TPSA) is 93.6 Å². The molecule has 0 saturated heterocycles. The van der Waals surface area contributed by atoms with Gasteiger partial charge in [-0.2, -0.15) is 0 Å². The van der Waals surface area contributed by atoms with Gasteiger partial charge in [-0.15, -0.1) is 0 Å². The Morgan fingerprint density at radius 1 is 1.33 bits per heavy atom. The predicted molar refractivity (Wildman–Crippen MR) is 65.8 cm³/mol. The Kier molecular flexibility index (Phi) is 3.38. The number of aryl methyl sites for hydroxylation is 1. The number of oxime groups is 1. The molecule has 0 saturated carbocycles. The molecular formula is C12H12N4O2. The number of pyridine rings is 2. The van der Waals surface area contributed by atoms with Gasteiger partial charge in [0.15, 0.2) is 5.84 Å². The fraction of sp³-hybridized carbons (Fsp3) is 0.0833. The fourth-order valence-corrected chi connectivity index (χ4v) is 1.37. The van der Waals surface area contributed by atoms with Gasteiger partial charge < -0.3 is 15.7 Å². The van der Waals surface area contributed by atoms with Crippen LogP contribution in [0.15, 0.2) is 41.8 Å². The minimum Gasteiger partial charge on any atom is -0.455 e. The Morgan fingerprint density at radius 3 is 2.89 bits per heavy atom. The maximum atomic E-state index is 8.59. The van der Waals surface area contributed by atoms with E-state index in [4.69, 9.17) is 15.7 Å². The predicted octanol–water partition coefficient (Wildman–Crippen LogP) is 1.67. The summed E-state index contributed by atoms with van der Waals surface area (Å²) >= 11 is 0. The maximum absolute atomic E-state index is 8.59. The lowest BCUT2D eigenvalue weighted by Crippen LogP contribution is -2.14. The van der Waals surface area contributed by atoms with Crippen molar-refractivity contribution in [2.75, 3.05) is 0 Å². The van der Waals surface area contributed by atoms with Crippen molar-refractivity contribution in [1.29, 1.82) is 0 Å². The van der Waals surface area contributed by atoms with Gasteiger partial charge >= 0.3 is 0 Å². The molecule has 0 radical (unpaired) electrons. The number of nitrogens with two attached hydrogens (primary N) is 1. The van der Waals surface area contributed by atoms with Crippen LogP contribution >= 0.6 is 0 Å². The van der Waals surface area contributed by atoms with E-state index >= 15 is 0 Å². The molecule has 2 aromatic rings. The summed E-state index contributed by atoms with van der Waals surface area (Å²) in [6, 6.07) is 6.86. The number of aromatic nitrogens is 2. The van der Waals surface area contributed by atoms with Crippen LogP contribution in [0.3, 0.4) is 0 Å². The molecule has 0 spiro atoms. The van der Waals surface area contributed by atoms with Crippen molar-refractivity contribution in [3.05, 3.63) is 48.0 Å². The first-order valence-electron chi connectivity index (χ1n) is 5.24. The van der Waals surface area contributed by atoms with Crippen molar-refractivity contribution in [3.8, 4) is 11.5 Å². The first-order chi connectivity index (χ1) is 8.70. The van der Waals surface area contributed by atoms with Crippen LogP contribution < -0.4 is 10.5 Å². The highest BCUT2D eigenvalue weighted by Crippen LogP contribution is 2.23. The number of hydrogen-bond donors (Lipinski definition) is 2. The summed E-state index contributed by atoms with van der Waals surface area (Å²) < 4.78 is 5.65. The molecule has 0 fully saturated rings. The number of ether oxygens (including phenoxy) is 1. The molecule has 0 unspecified atom stereocenters. The van der Waals surface area contributed by atoms with Crippen molar-refractivity contribution >= 4 is 5.84 Å². The highest BCUT2D eigenvalue weighted by atomic mass is 16.5. The molecule has 0 atom stereocenters. The van der Waals surface area contributed by atoms with Crippen LogP contribution in [0.2, 0.25) is 0 Å². The van der Waals surface area contributed by atoms with Gasteiger partial charge in [0.2, 0.25) is 0 Å². The summed E-state index contributed by atoms with van der Waals surface area (Å²) in [5.74, 6) is 1.13. The zero-order valence-electron chi connectivity index (χ0n) is 9.74. The fourth-order valence-electron chi connectivity index (χ4n) is 1.37. The minimum atomic E-state index is -0.0663. The maximum Gasteiger partial charge on any atom is 0.188 e. The van der Waals surface area contributed by atoms with E-state index in [1.54, 1.807) is 24.4 Å². The third-order valence-corrected chi connectivity index (χ3v) is 2.29. The van der Waals surface area contributed by atoms with Crippen LogP contribution in [-0.2, 0) is 0 Å². The molecule has 0 aliphatic carbocycles. The number of hydrogen-bond acceptors (Lipinski definition) is 5. The summed E-state index contributed by atoms with van der Waals surface area (Å²) in [4.78, 5) is 8.08. The van der Waals surface area contributed by atoms with Crippen molar-refractivity contribution in [2.24, 2.45) is 10.9 Å². The molecule has 2 rings (SSSR count). The first-order valence-corrected chi connectivity index (χ1v) is 5.24. The zero-order chi connectivity index (χ0) is 13.0. The van der Waals surface area contributed by atoms with Gasteiger partial charge in [0.25, 0.3) is 0 Å². The summed E-state index contributed by atoms with van der Waals surface area (Å²) in [6.07, 6.45) is 3.21. The van der Waals surface area contributed by atoms with Crippen LogP contribution in [0.4, 0.5) is 0 Å². The summed E-state index contributed by atoms with van der Waals surface area (Å²) in [6.45, 7) is 1.85. The van der Waals surface area contributed by atoms with Gasteiger partial charge in [0.1, 0.15) is 17.2 Å². The third-order valence-electron chi connectivity index (χ3n) is 2.29. The van der Waals surface area contributed by atoms with E-state index in [0.717, 1.165) is 5.69 Å². The Labute approximate surface area is 104 Å². The molecule has 6 heteroatoms. The lowest BCUT2D eigenvalue weighted by molar-refractivity contribution is 0.318. The van der Waals surface area contributed by atoms with Crippen LogP contribution in [-0.4, -0.2) is 21.0 Å². The Morgan fingerprint density at radius 2 is 2.17 bits per heavy atom. The molecule has 0 aliphatic heterocycles. The molecule has 0 amide bonds. The second kappa shape index (κ2) is 5.13. The van der Waals surface area contributed by atoms with Gasteiger partial charge in [0.05, 0.1) is 5.69 Å². The monoisotopic (exact) mass is 244 g/mol. The van der Waals surface area contributed by atoms with Crippen LogP contribution in [0, 0.1) is 6.92 Å². The summed E-state index contributed by atoms with van der Waals surface area (Å²) in [5.41, 5.74) is 6.58. The smallest absolute Gasteiger partial charge is 0.188 e. The van der Waals surface area contributed by atoms with E-state index in [0.29, 0.717) is 17.2 Å². The average Bonchev–Trinajstić information content (AvgIpc) is 2.41. The quantitative estimate of drug-likeness (QED) is 0.371. The van der Waals surface area contributed by atoms with E-state index in [1.165, 1.54) is 6.20 Å². The standard InChI is InChI=1S/C12H12N4O2/c1-8-11(3-2-5-14-8)18-9-4-6-15-10(7-9)12(13)16-17/h2-7,17H,1H3,(H2,13,16). The SMILES string of the molecule is Cc1ncccc1Oc1ccnc(C(N)=NO)c1. The van der Waals surface area contributed by atoms with Gasteiger partial charge in [0, 0.05) is 18.5 Å². The van der Waals surface area contributed by atoms with E-state index in [-0.39, 0.29) is 5.84 Å². The molecule has 2 heterocycles. The number of rotatable bonds is 3. The normalized spacial score (nSPS) is 11.3. The molecule has 92 valence electrons. The van der Waals surface area contributed by atoms with Gasteiger partial charge in [-0.1, -0.05) is 5.16 Å². The van der Waals surface area contributed by atoms with Crippen LogP contribution in [0.1, 0.15) is 11.4 Å². The van der Waals surface area contributed by atoms with E-state index in [2.05, 4.69) is 15.1 Å². The highest BCUT2D eigenvalue weighted by Gasteiger charge is 2.05. The molecule has 18 heavy (non-hydrogen) atoms. The summed E-state index contributed by atoms with van der Waals surface area (Å²) in [5, 5.41) is 11.5. The molecular weight excluding hydrogens is 232 g/mol. The molecule has 0 aliphatic rings. The van der Waals surface area contributed by atoms with Crippen molar-refractivity contribution in [2.45, 2.75) is 6.92 Å². The molecule has 0 bridgehead atoms. The Bertz CT molecular complexity index is 584. The van der Waals surface area contributed by atoms with Crippen molar-refractivity contribution in [1.82, 2.24) is 9.97 Å². The lowest BCUT2D eigenvalue weighted by Gasteiger charge is -2.08. The van der Waals surface area contributed by atoms with Gasteiger partial charge in [-0.3, -0.25) is 9.97 Å². The second-order valence-electron chi connectivity index (χ2n) is 3.55. The number of amidine groups is 1. The van der Waals surface area contributed by atoms with Crippen molar-refractivity contribution < 1.29 is 9.94 Å². The Balaban J connectivity index is 2.28. The summed E-state index contributed by atoms with van der Waals surface area (Å²) in [7, 11) is 0. The molecule has 6 nitrogen and oxygen atoms in total. The Hall–Kier alpha value is -2.63. The van der Waals surface area contributed by atoms with Crippen LogP contribution in [0.25, 0.3) is 0 Å². The highest BCUT2D eigenvalue weighted by molar-refractivity contribution is 5.95. The second-order valence-corrected chi connectivity index (χ2v) is 3.55. The zero-order valence-corrected chi connectivity index (χ0v) is 9.74. The molecule has 2 aromatic heterocycles. The lowest BCUT2D eigenvalue weighted by atomic mass is 10.3. The molecule has 3 N–H and O–H groups in total. The minimum absolute atomic E-state index is 0.0663. The van der Waals surface area contributed by atoms with Crippen molar-refractivity contribution in [3.63, 3.8) is 0 Å². The van der Waals surface area contributed by atoms with E-state index in [9.17, 15) is 0 Å². The van der Waals surface area contributed by atoms with E-state index < -0.39 is 0 Å². The third kappa shape index (κ3) is 2.54. The van der Waals surface area contributed by atoms with Crippen LogP contribution in [0.5, 0.6) is 11.5 Å². The average molecular weight is 244 g/mol. The van der Waals surface area contributed by atoms with Gasteiger partial charge in [-0.05, 0) is 25.1 Å². The van der Waals surface area contributed by atoms with Gasteiger partial charge in [-0.25, -0.2) is 0 Å². The molecule has 0 aromatic carbocycles. The number of nitrogens with zero attached hydrogens (tertiary/aromatic N) is 3. The van der Waals surface area contributed by atoms with E-state index in [1.807, 2.05) is 13.0 Å². The first kappa shape index (κ1) is 11.8. The largest absolute Gasteiger partial charge is 0.455 e.